The summed E-state index contributed by atoms with van der Waals surface area (Å²) in [5.74, 6) is 0.931. The summed E-state index contributed by atoms with van der Waals surface area (Å²) in [6, 6.07) is 0.713. The van der Waals surface area contributed by atoms with E-state index in [1.165, 1.54) is 25.7 Å². The summed E-state index contributed by atoms with van der Waals surface area (Å²) in [5, 5.41) is 3.56. The predicted octanol–water partition coefficient (Wildman–Crippen LogP) is 2.19. The van der Waals surface area contributed by atoms with E-state index >= 15 is 0 Å². The Hall–Kier alpha value is -0.0800. The molecule has 0 aromatic carbocycles. The summed E-state index contributed by atoms with van der Waals surface area (Å²) in [6.07, 6.45) is 5.46. The second kappa shape index (κ2) is 6.39. The summed E-state index contributed by atoms with van der Waals surface area (Å²) in [7, 11) is 0. The van der Waals surface area contributed by atoms with Crippen LogP contribution in [0.15, 0.2) is 0 Å². The van der Waals surface area contributed by atoms with Gasteiger partial charge < -0.3 is 10.1 Å². The van der Waals surface area contributed by atoms with Crippen molar-refractivity contribution in [3.63, 3.8) is 0 Å². The van der Waals surface area contributed by atoms with Crippen LogP contribution in [0.5, 0.6) is 0 Å². The number of hydrogen-bond donors (Lipinski definition) is 1. The molecule has 0 amide bonds. The number of rotatable bonds is 7. The van der Waals surface area contributed by atoms with Gasteiger partial charge in [-0.3, -0.25) is 0 Å². The van der Waals surface area contributed by atoms with Gasteiger partial charge in [-0.1, -0.05) is 13.3 Å². The fraction of sp³-hybridized carbons (Fsp3) is 1.00. The molecule has 2 nitrogen and oxygen atoms in total. The van der Waals surface area contributed by atoms with Crippen molar-refractivity contribution in [2.24, 2.45) is 5.92 Å². The van der Waals surface area contributed by atoms with E-state index in [0.717, 1.165) is 25.7 Å². The van der Waals surface area contributed by atoms with Gasteiger partial charge in [0, 0.05) is 19.3 Å². The van der Waals surface area contributed by atoms with Gasteiger partial charge in [0.1, 0.15) is 0 Å². The van der Waals surface area contributed by atoms with E-state index in [-0.39, 0.29) is 0 Å². The minimum absolute atomic E-state index is 0.713. The van der Waals surface area contributed by atoms with Crippen molar-refractivity contribution >= 4 is 0 Å². The lowest BCUT2D eigenvalue weighted by atomic mass is 9.78. The monoisotopic (exact) mass is 185 g/mol. The Kier molecular flexibility index (Phi) is 5.40. The first-order valence-corrected chi connectivity index (χ1v) is 5.69. The second-order valence-corrected chi connectivity index (χ2v) is 3.84. The number of nitrogens with one attached hydrogen (secondary N) is 1. The Morgan fingerprint density at radius 3 is 2.62 bits per heavy atom. The van der Waals surface area contributed by atoms with E-state index < -0.39 is 0 Å². The molecule has 1 aliphatic carbocycles. The minimum atomic E-state index is 0.713. The first kappa shape index (κ1) is 11.0. The Morgan fingerprint density at radius 1 is 1.38 bits per heavy atom. The third-order valence-electron chi connectivity index (χ3n) is 2.96. The molecule has 1 fully saturated rings. The standard InChI is InChI=1S/C11H23NO/c1-3-12-11(8-9-13-4-2)10-6-5-7-10/h10-12H,3-9H2,1-2H3. The van der Waals surface area contributed by atoms with Gasteiger partial charge in [-0.2, -0.15) is 0 Å². The molecule has 0 spiro atoms. The molecule has 1 atom stereocenters. The Bertz CT molecular complexity index is 123. The van der Waals surface area contributed by atoms with Crippen LogP contribution in [0.3, 0.4) is 0 Å². The molecular formula is C11H23NO. The van der Waals surface area contributed by atoms with Crippen molar-refractivity contribution in [2.75, 3.05) is 19.8 Å². The van der Waals surface area contributed by atoms with Crippen LogP contribution in [0.4, 0.5) is 0 Å². The van der Waals surface area contributed by atoms with Crippen molar-refractivity contribution in [1.29, 1.82) is 0 Å². The summed E-state index contributed by atoms with van der Waals surface area (Å²) < 4.78 is 5.39. The van der Waals surface area contributed by atoms with Gasteiger partial charge in [0.2, 0.25) is 0 Å². The molecule has 13 heavy (non-hydrogen) atoms. The molecule has 1 saturated carbocycles. The molecule has 1 unspecified atom stereocenters. The fourth-order valence-electron chi connectivity index (χ4n) is 1.96. The topological polar surface area (TPSA) is 21.3 Å². The largest absolute Gasteiger partial charge is 0.382 e. The predicted molar refractivity (Wildman–Crippen MR) is 55.9 cm³/mol. The molecule has 1 rings (SSSR count). The lowest BCUT2D eigenvalue weighted by molar-refractivity contribution is 0.116. The lowest BCUT2D eigenvalue weighted by Crippen LogP contribution is -2.40. The maximum absolute atomic E-state index is 5.39. The average molecular weight is 185 g/mol. The molecule has 0 saturated heterocycles. The highest BCUT2D eigenvalue weighted by Crippen LogP contribution is 2.30. The van der Waals surface area contributed by atoms with Crippen molar-refractivity contribution in [3.8, 4) is 0 Å². The molecule has 0 aromatic heterocycles. The zero-order valence-corrected chi connectivity index (χ0v) is 9.01. The summed E-state index contributed by atoms with van der Waals surface area (Å²) in [5.41, 5.74) is 0. The molecule has 2 heteroatoms. The van der Waals surface area contributed by atoms with Crippen LogP contribution in [0.2, 0.25) is 0 Å². The third-order valence-corrected chi connectivity index (χ3v) is 2.96. The van der Waals surface area contributed by atoms with Crippen molar-refractivity contribution in [2.45, 2.75) is 45.6 Å². The lowest BCUT2D eigenvalue weighted by Gasteiger charge is -2.34. The van der Waals surface area contributed by atoms with Gasteiger partial charge in [0.15, 0.2) is 0 Å². The summed E-state index contributed by atoms with van der Waals surface area (Å²) in [4.78, 5) is 0. The van der Waals surface area contributed by atoms with Gasteiger partial charge in [0.25, 0.3) is 0 Å². The Labute approximate surface area is 82.0 Å². The average Bonchev–Trinajstić information content (AvgIpc) is 2.02. The van der Waals surface area contributed by atoms with E-state index in [4.69, 9.17) is 4.74 Å². The first-order valence-electron chi connectivity index (χ1n) is 5.69. The van der Waals surface area contributed by atoms with Crippen LogP contribution >= 0.6 is 0 Å². The highest BCUT2D eigenvalue weighted by atomic mass is 16.5. The van der Waals surface area contributed by atoms with E-state index in [0.29, 0.717) is 6.04 Å². The van der Waals surface area contributed by atoms with E-state index in [1.54, 1.807) is 0 Å². The molecule has 1 N–H and O–H groups in total. The molecule has 0 heterocycles. The molecular weight excluding hydrogens is 162 g/mol. The quantitative estimate of drug-likeness (QED) is 0.614. The molecule has 0 aromatic rings. The molecule has 1 aliphatic rings. The molecule has 78 valence electrons. The first-order chi connectivity index (χ1) is 6.38. The Balaban J connectivity index is 2.12. The van der Waals surface area contributed by atoms with Gasteiger partial charge >= 0.3 is 0 Å². The highest BCUT2D eigenvalue weighted by molar-refractivity contribution is 4.82. The zero-order chi connectivity index (χ0) is 9.52. The SMILES string of the molecule is CCNC(CCOCC)C1CCC1. The van der Waals surface area contributed by atoms with Crippen molar-refractivity contribution in [1.82, 2.24) is 5.32 Å². The summed E-state index contributed by atoms with van der Waals surface area (Å²) >= 11 is 0. The van der Waals surface area contributed by atoms with Crippen molar-refractivity contribution in [3.05, 3.63) is 0 Å². The van der Waals surface area contributed by atoms with E-state index in [1.807, 2.05) is 0 Å². The minimum Gasteiger partial charge on any atom is -0.382 e. The highest BCUT2D eigenvalue weighted by Gasteiger charge is 2.25. The Morgan fingerprint density at radius 2 is 2.15 bits per heavy atom. The van der Waals surface area contributed by atoms with Gasteiger partial charge in [-0.25, -0.2) is 0 Å². The van der Waals surface area contributed by atoms with E-state index in [2.05, 4.69) is 19.2 Å². The van der Waals surface area contributed by atoms with Gasteiger partial charge in [-0.05, 0) is 38.6 Å². The molecule has 0 radical (unpaired) electrons. The third kappa shape index (κ3) is 3.65. The fourth-order valence-corrected chi connectivity index (χ4v) is 1.96. The van der Waals surface area contributed by atoms with Crippen LogP contribution in [0.1, 0.15) is 39.5 Å². The maximum atomic E-state index is 5.39. The van der Waals surface area contributed by atoms with Crippen LogP contribution in [0, 0.1) is 5.92 Å². The normalized spacial score (nSPS) is 19.8. The van der Waals surface area contributed by atoms with Crippen LogP contribution < -0.4 is 5.32 Å². The summed E-state index contributed by atoms with van der Waals surface area (Å²) in [6.45, 7) is 7.11. The maximum Gasteiger partial charge on any atom is 0.0480 e. The zero-order valence-electron chi connectivity index (χ0n) is 9.01. The van der Waals surface area contributed by atoms with Crippen molar-refractivity contribution < 1.29 is 4.74 Å². The molecule has 0 aliphatic heterocycles. The molecule has 0 bridgehead atoms. The van der Waals surface area contributed by atoms with Crippen LogP contribution in [-0.2, 0) is 4.74 Å². The van der Waals surface area contributed by atoms with E-state index in [9.17, 15) is 0 Å². The smallest absolute Gasteiger partial charge is 0.0480 e. The van der Waals surface area contributed by atoms with Gasteiger partial charge in [-0.15, -0.1) is 0 Å². The van der Waals surface area contributed by atoms with Crippen LogP contribution in [-0.4, -0.2) is 25.8 Å². The van der Waals surface area contributed by atoms with Gasteiger partial charge in [0.05, 0.1) is 0 Å². The van der Waals surface area contributed by atoms with Crippen LogP contribution in [0.25, 0.3) is 0 Å². The number of hydrogen-bond acceptors (Lipinski definition) is 2. The number of ether oxygens (including phenoxy) is 1. The second-order valence-electron chi connectivity index (χ2n) is 3.84.